The van der Waals surface area contributed by atoms with Crippen molar-refractivity contribution in [2.24, 2.45) is 0 Å². The van der Waals surface area contributed by atoms with Gasteiger partial charge in [0.05, 0.1) is 37.1 Å². The van der Waals surface area contributed by atoms with Crippen LogP contribution in [0.25, 0.3) is 0 Å². The van der Waals surface area contributed by atoms with Crippen molar-refractivity contribution in [2.45, 2.75) is 51.2 Å². The molecule has 1 heterocycles. The first-order chi connectivity index (χ1) is 25.2. The van der Waals surface area contributed by atoms with Crippen LogP contribution in [0.1, 0.15) is 59.2 Å². The van der Waals surface area contributed by atoms with Crippen molar-refractivity contribution in [2.75, 3.05) is 38.8 Å². The molecule has 0 amide bonds. The molecule has 1 aromatic heterocycles. The minimum Gasteiger partial charge on any atom is -0.494 e. The van der Waals surface area contributed by atoms with Gasteiger partial charge >= 0.3 is 17.9 Å². The second-order valence-electron chi connectivity index (χ2n) is 12.2. The molecule has 11 heteroatoms. The minimum absolute atomic E-state index is 0.293. The average Bonchev–Trinajstić information content (AvgIpc) is 3.16. The Labute approximate surface area is 305 Å². The van der Waals surface area contributed by atoms with Crippen molar-refractivity contribution in [3.05, 3.63) is 121 Å². The highest BCUT2D eigenvalue weighted by Crippen LogP contribution is 2.22. The predicted octanol–water partition coefficient (Wildman–Crippen LogP) is 6.37. The zero-order valence-corrected chi connectivity index (χ0v) is 29.8. The molecule has 0 radical (unpaired) electrons. The number of aliphatic hydroxyl groups is 1. The summed E-state index contributed by atoms with van der Waals surface area (Å²) >= 11 is 0. The maximum absolute atomic E-state index is 12.7. The van der Waals surface area contributed by atoms with Crippen LogP contribution >= 0.6 is 0 Å². The number of nitrogens with zero attached hydrogens (tertiary/aromatic N) is 2. The van der Waals surface area contributed by atoms with Crippen LogP contribution in [0, 0.1) is 0 Å². The molecule has 11 nitrogen and oxygen atoms in total. The van der Waals surface area contributed by atoms with Gasteiger partial charge < -0.3 is 33.7 Å². The Bertz CT molecular complexity index is 1710. The molecule has 1 unspecified atom stereocenters. The fourth-order valence-electron chi connectivity index (χ4n) is 4.97. The van der Waals surface area contributed by atoms with E-state index in [9.17, 15) is 19.5 Å². The minimum atomic E-state index is -0.546. The van der Waals surface area contributed by atoms with E-state index in [-0.39, 0.29) is 6.10 Å². The van der Waals surface area contributed by atoms with E-state index in [4.69, 9.17) is 23.7 Å². The van der Waals surface area contributed by atoms with Gasteiger partial charge in [0.2, 0.25) is 0 Å². The third-order valence-corrected chi connectivity index (χ3v) is 7.94. The molecule has 4 rings (SSSR count). The zero-order chi connectivity index (χ0) is 37.1. The van der Waals surface area contributed by atoms with Crippen LogP contribution in [0.2, 0.25) is 0 Å². The molecule has 0 spiro atoms. The number of esters is 3. The highest BCUT2D eigenvalue weighted by molar-refractivity contribution is 5.92. The Morgan fingerprint density at radius 2 is 1.13 bits per heavy atom. The molecule has 0 saturated heterocycles. The van der Waals surface area contributed by atoms with E-state index < -0.39 is 17.9 Å². The Kier molecular flexibility index (Phi) is 15.7. The largest absolute Gasteiger partial charge is 0.494 e. The lowest BCUT2D eigenvalue weighted by Crippen LogP contribution is -2.33. The lowest BCUT2D eigenvalue weighted by atomic mass is 10.1. The lowest BCUT2D eigenvalue weighted by Gasteiger charge is -2.12. The van der Waals surface area contributed by atoms with Crippen LogP contribution in [-0.4, -0.2) is 63.0 Å². The van der Waals surface area contributed by atoms with Crippen LogP contribution in [0.3, 0.4) is 0 Å². The molecule has 0 bridgehead atoms. The first kappa shape index (κ1) is 39.1. The summed E-state index contributed by atoms with van der Waals surface area (Å²) in [5.74, 6) is 0.282. The maximum Gasteiger partial charge on any atom is 0.343 e. The smallest absolute Gasteiger partial charge is 0.343 e. The Hall–Kier alpha value is -5.68. The molecule has 0 aliphatic rings. The molecule has 0 saturated carbocycles. The number of hydrogen-bond donors (Lipinski definition) is 1. The average molecular weight is 712 g/mol. The first-order valence-electron chi connectivity index (χ1n) is 17.3. The monoisotopic (exact) mass is 711 g/mol. The summed E-state index contributed by atoms with van der Waals surface area (Å²) in [4.78, 5) is 38.4. The van der Waals surface area contributed by atoms with Gasteiger partial charge in [0, 0.05) is 44.4 Å². The number of benzene rings is 3. The van der Waals surface area contributed by atoms with E-state index in [0.29, 0.717) is 79.6 Å². The fraction of sp³-hybridized carbons (Fsp3) is 0.317. The number of hydrogen-bond acceptors (Lipinski definition) is 10. The SMILES string of the molecule is C=CC(=O)OCCCCOc1ccc(C(=O)Oc2ccc(OC(=O)c3ccc(OCCCC(O)CCC[n+]4ccc(N(C)C)cc4)cc3)cc2)cc1. The van der Waals surface area contributed by atoms with Gasteiger partial charge in [-0.15, -0.1) is 0 Å². The molecule has 3 aromatic carbocycles. The van der Waals surface area contributed by atoms with Crippen LogP contribution in [0.5, 0.6) is 23.0 Å². The number of aliphatic hydroxyl groups excluding tert-OH is 1. The number of anilines is 1. The summed E-state index contributed by atoms with van der Waals surface area (Å²) in [5, 5.41) is 10.4. The van der Waals surface area contributed by atoms with E-state index in [0.717, 1.165) is 31.1 Å². The van der Waals surface area contributed by atoms with E-state index in [2.05, 4.69) is 40.6 Å². The molecular weight excluding hydrogens is 664 g/mol. The summed E-state index contributed by atoms with van der Waals surface area (Å²) in [6, 6.07) is 23.6. The highest BCUT2D eigenvalue weighted by atomic mass is 16.5. The quantitative estimate of drug-likeness (QED) is 0.0343. The first-order valence-corrected chi connectivity index (χ1v) is 17.3. The van der Waals surface area contributed by atoms with E-state index >= 15 is 0 Å². The van der Waals surface area contributed by atoms with Crippen LogP contribution in [0.15, 0.2) is 110 Å². The molecular formula is C41H47N2O9+. The van der Waals surface area contributed by atoms with Gasteiger partial charge in [-0.3, -0.25) is 0 Å². The number of aryl methyl sites for hydroxylation is 1. The van der Waals surface area contributed by atoms with Gasteiger partial charge in [-0.1, -0.05) is 6.58 Å². The summed E-state index contributed by atoms with van der Waals surface area (Å²) < 4.78 is 29.4. The third kappa shape index (κ3) is 13.6. The number of aromatic nitrogens is 1. The van der Waals surface area contributed by atoms with Gasteiger partial charge in [0.25, 0.3) is 0 Å². The number of ether oxygens (including phenoxy) is 5. The molecule has 0 aliphatic carbocycles. The molecule has 4 aromatic rings. The van der Waals surface area contributed by atoms with Gasteiger partial charge in [0.15, 0.2) is 12.4 Å². The zero-order valence-electron chi connectivity index (χ0n) is 29.8. The summed E-state index contributed by atoms with van der Waals surface area (Å²) in [6.07, 6.45) is 9.18. The van der Waals surface area contributed by atoms with E-state index in [1.165, 1.54) is 0 Å². The van der Waals surface area contributed by atoms with E-state index in [1.54, 1.807) is 72.8 Å². The topological polar surface area (TPSA) is 125 Å². The Morgan fingerprint density at radius 1 is 0.673 bits per heavy atom. The number of carbonyl (C=O) groups excluding carboxylic acids is 3. The highest BCUT2D eigenvalue weighted by Gasteiger charge is 2.13. The van der Waals surface area contributed by atoms with Gasteiger partial charge in [-0.25, -0.2) is 19.0 Å². The fourth-order valence-corrected chi connectivity index (χ4v) is 4.97. The van der Waals surface area contributed by atoms with Gasteiger partial charge in [-0.05, 0) is 105 Å². The molecule has 0 aliphatic heterocycles. The Balaban J connectivity index is 1.10. The predicted molar refractivity (Wildman–Crippen MR) is 196 cm³/mol. The molecule has 52 heavy (non-hydrogen) atoms. The van der Waals surface area contributed by atoms with Crippen molar-refractivity contribution in [3.8, 4) is 23.0 Å². The number of pyridine rings is 1. The van der Waals surface area contributed by atoms with Crippen LogP contribution in [0.4, 0.5) is 5.69 Å². The van der Waals surface area contributed by atoms with Gasteiger partial charge in [-0.2, -0.15) is 0 Å². The third-order valence-electron chi connectivity index (χ3n) is 7.94. The molecule has 0 fully saturated rings. The lowest BCUT2D eigenvalue weighted by molar-refractivity contribution is -0.697. The number of rotatable bonds is 21. The van der Waals surface area contributed by atoms with Crippen LogP contribution in [-0.2, 0) is 16.1 Å². The number of carbonyl (C=O) groups is 3. The van der Waals surface area contributed by atoms with Crippen LogP contribution < -0.4 is 28.4 Å². The molecule has 274 valence electrons. The van der Waals surface area contributed by atoms with Crippen molar-refractivity contribution in [3.63, 3.8) is 0 Å². The second kappa shape index (κ2) is 20.9. The summed E-state index contributed by atoms with van der Waals surface area (Å²) in [5.41, 5.74) is 1.85. The molecule has 1 N–H and O–H groups in total. The van der Waals surface area contributed by atoms with E-state index in [1.807, 2.05) is 14.1 Å². The van der Waals surface area contributed by atoms with Crippen molar-refractivity contribution in [1.29, 1.82) is 0 Å². The number of unbranched alkanes of at least 4 members (excludes halogenated alkanes) is 1. The van der Waals surface area contributed by atoms with Crippen molar-refractivity contribution < 1.29 is 47.7 Å². The van der Waals surface area contributed by atoms with Gasteiger partial charge in [0.1, 0.15) is 29.5 Å². The standard InChI is InChI=1S/C41H47N2O9/c1-4-39(45)50-29-6-5-28-48-35-15-11-31(12-16-35)40(46)51-37-19-21-38(22-20-37)52-41(47)32-13-17-36(18-14-32)49-30-8-10-34(44)9-7-25-43-26-23-33(24-27-43)42(2)3/h4,11-24,26-27,34,44H,1,5-10,25,28-30H2,2-3H3/q+1. The normalized spacial score (nSPS) is 11.2. The summed E-state index contributed by atoms with van der Waals surface area (Å²) in [6.45, 7) is 5.40. The second-order valence-corrected chi connectivity index (χ2v) is 12.2. The van der Waals surface area contributed by atoms with Crippen molar-refractivity contribution >= 4 is 23.6 Å². The van der Waals surface area contributed by atoms with Crippen molar-refractivity contribution in [1.82, 2.24) is 0 Å². The Morgan fingerprint density at radius 3 is 1.63 bits per heavy atom. The molecule has 1 atom stereocenters. The maximum atomic E-state index is 12.7. The summed E-state index contributed by atoms with van der Waals surface area (Å²) in [7, 11) is 4.03.